The van der Waals surface area contributed by atoms with E-state index in [1.54, 1.807) is 6.07 Å². The summed E-state index contributed by atoms with van der Waals surface area (Å²) < 4.78 is 26.3. The summed E-state index contributed by atoms with van der Waals surface area (Å²) in [6.07, 6.45) is 0.915. The van der Waals surface area contributed by atoms with Crippen molar-refractivity contribution in [3.05, 3.63) is 35.4 Å². The summed E-state index contributed by atoms with van der Waals surface area (Å²) in [5, 5.41) is 4.95. The Morgan fingerprint density at radius 3 is 3.00 bits per heavy atom. The van der Waals surface area contributed by atoms with E-state index in [0.717, 1.165) is 35.2 Å². The molecule has 0 bridgehead atoms. The van der Waals surface area contributed by atoms with Gasteiger partial charge in [0.25, 0.3) is 5.89 Å². The van der Waals surface area contributed by atoms with Crippen LogP contribution in [0.15, 0.2) is 22.7 Å². The molecule has 4 rings (SSSR count). The lowest BCUT2D eigenvalue weighted by Crippen LogP contribution is -2.00. The third kappa shape index (κ3) is 1.94. The van der Waals surface area contributed by atoms with Gasteiger partial charge in [-0.3, -0.25) is 0 Å². The maximum absolute atomic E-state index is 13.5. The van der Waals surface area contributed by atoms with Crippen molar-refractivity contribution in [2.75, 3.05) is 13.2 Å². The van der Waals surface area contributed by atoms with Crippen LogP contribution in [0.1, 0.15) is 23.7 Å². The monoisotopic (exact) mass is 301 g/mol. The van der Waals surface area contributed by atoms with E-state index in [1.165, 1.54) is 12.1 Å². The first-order valence-electron chi connectivity index (χ1n) is 7.31. The molecule has 0 N–H and O–H groups in total. The Morgan fingerprint density at radius 1 is 1.36 bits per heavy atom. The summed E-state index contributed by atoms with van der Waals surface area (Å²) in [4.78, 5) is 4.53. The molecule has 0 amide bonds. The van der Waals surface area contributed by atoms with Gasteiger partial charge in [-0.25, -0.2) is 4.39 Å². The van der Waals surface area contributed by atoms with Crippen LogP contribution in [0.4, 0.5) is 4.39 Å². The molecule has 0 radical (unpaired) electrons. The average Bonchev–Trinajstić information content (AvgIpc) is 3.21. The molecule has 1 atom stereocenters. The lowest BCUT2D eigenvalue weighted by atomic mass is 10.1. The van der Waals surface area contributed by atoms with Gasteiger partial charge < -0.3 is 13.8 Å². The number of rotatable bonds is 2. The summed E-state index contributed by atoms with van der Waals surface area (Å²) in [5.41, 5.74) is 2.71. The second-order valence-electron chi connectivity index (χ2n) is 5.71. The van der Waals surface area contributed by atoms with E-state index in [2.05, 4.69) is 10.1 Å². The van der Waals surface area contributed by atoms with E-state index in [-0.39, 0.29) is 11.7 Å². The quantitative estimate of drug-likeness (QED) is 0.729. The highest BCUT2D eigenvalue weighted by atomic mass is 19.1. The second kappa shape index (κ2) is 4.91. The van der Waals surface area contributed by atoms with Gasteiger partial charge in [-0.05, 0) is 37.1 Å². The fourth-order valence-electron chi connectivity index (χ4n) is 3.14. The van der Waals surface area contributed by atoms with Gasteiger partial charge in [-0.2, -0.15) is 4.98 Å². The van der Waals surface area contributed by atoms with E-state index in [0.29, 0.717) is 18.3 Å². The summed E-state index contributed by atoms with van der Waals surface area (Å²) in [5.74, 6) is 1.11. The van der Waals surface area contributed by atoms with E-state index in [9.17, 15) is 4.39 Å². The minimum atomic E-state index is -0.248. The van der Waals surface area contributed by atoms with Crippen molar-refractivity contribution in [2.24, 2.45) is 7.05 Å². The van der Waals surface area contributed by atoms with Crippen molar-refractivity contribution in [3.8, 4) is 11.6 Å². The van der Waals surface area contributed by atoms with Crippen LogP contribution in [0, 0.1) is 12.7 Å². The number of ether oxygens (including phenoxy) is 1. The Bertz CT molecular complexity index is 847. The highest BCUT2D eigenvalue weighted by Gasteiger charge is 2.25. The molecule has 114 valence electrons. The molecule has 1 fully saturated rings. The predicted octanol–water partition coefficient (Wildman–Crippen LogP) is 3.18. The van der Waals surface area contributed by atoms with Crippen LogP contribution < -0.4 is 0 Å². The van der Waals surface area contributed by atoms with E-state index in [1.807, 2.05) is 18.5 Å². The molecule has 0 saturated carbocycles. The molecule has 3 heterocycles. The van der Waals surface area contributed by atoms with Crippen LogP contribution >= 0.6 is 0 Å². The zero-order valence-electron chi connectivity index (χ0n) is 12.5. The number of aryl methyl sites for hydroxylation is 2. The molecule has 22 heavy (non-hydrogen) atoms. The highest BCUT2D eigenvalue weighted by molar-refractivity contribution is 5.90. The van der Waals surface area contributed by atoms with Gasteiger partial charge in [0.2, 0.25) is 0 Å². The summed E-state index contributed by atoms with van der Waals surface area (Å²) in [6, 6.07) is 4.76. The second-order valence-corrected chi connectivity index (χ2v) is 5.71. The number of nitrogens with zero attached hydrogens (tertiary/aromatic N) is 3. The third-order valence-corrected chi connectivity index (χ3v) is 4.35. The van der Waals surface area contributed by atoms with Gasteiger partial charge in [0.1, 0.15) is 11.5 Å². The number of benzene rings is 1. The molecule has 6 heteroatoms. The van der Waals surface area contributed by atoms with Crippen LogP contribution in [0.25, 0.3) is 22.5 Å². The Labute approximate surface area is 126 Å². The summed E-state index contributed by atoms with van der Waals surface area (Å²) in [6.45, 7) is 3.32. The molecule has 1 saturated heterocycles. The number of halogens is 1. The fraction of sp³-hybridized carbons (Fsp3) is 0.375. The van der Waals surface area contributed by atoms with Crippen LogP contribution in [0.5, 0.6) is 0 Å². The first-order valence-corrected chi connectivity index (χ1v) is 7.31. The third-order valence-electron chi connectivity index (χ3n) is 4.35. The SMILES string of the molecule is Cc1c(-c2nc(C3CCOC3)no2)n(C)c2ccc(F)cc12. The highest BCUT2D eigenvalue weighted by Crippen LogP contribution is 2.33. The van der Waals surface area contributed by atoms with Gasteiger partial charge in [0, 0.05) is 30.5 Å². The van der Waals surface area contributed by atoms with Crippen LogP contribution in [0.2, 0.25) is 0 Å². The number of hydrogen-bond acceptors (Lipinski definition) is 4. The Balaban J connectivity index is 1.84. The number of hydrogen-bond donors (Lipinski definition) is 0. The van der Waals surface area contributed by atoms with Gasteiger partial charge in [0.05, 0.1) is 6.61 Å². The standard InChI is InChI=1S/C16H16FN3O2/c1-9-12-7-11(17)3-4-13(12)20(2)14(9)16-18-15(19-22-16)10-5-6-21-8-10/h3-4,7,10H,5-6,8H2,1-2H3. The summed E-state index contributed by atoms with van der Waals surface area (Å²) >= 11 is 0. The first-order chi connectivity index (χ1) is 10.6. The zero-order valence-corrected chi connectivity index (χ0v) is 12.5. The number of fused-ring (bicyclic) bond motifs is 1. The van der Waals surface area contributed by atoms with Crippen LogP contribution in [0.3, 0.4) is 0 Å². The fourth-order valence-corrected chi connectivity index (χ4v) is 3.14. The van der Waals surface area contributed by atoms with Crippen molar-refractivity contribution < 1.29 is 13.7 Å². The molecule has 2 aromatic heterocycles. The molecular formula is C16H16FN3O2. The average molecular weight is 301 g/mol. The van der Waals surface area contributed by atoms with Gasteiger partial charge in [-0.1, -0.05) is 5.16 Å². The maximum atomic E-state index is 13.5. The summed E-state index contributed by atoms with van der Waals surface area (Å²) in [7, 11) is 1.92. The maximum Gasteiger partial charge on any atom is 0.274 e. The van der Waals surface area contributed by atoms with Gasteiger partial charge >= 0.3 is 0 Å². The Morgan fingerprint density at radius 2 is 2.23 bits per heavy atom. The smallest absolute Gasteiger partial charge is 0.274 e. The van der Waals surface area contributed by atoms with Crippen molar-refractivity contribution in [1.82, 2.24) is 14.7 Å². The van der Waals surface area contributed by atoms with E-state index in [4.69, 9.17) is 9.26 Å². The normalized spacial score (nSPS) is 18.4. The minimum Gasteiger partial charge on any atom is -0.381 e. The molecule has 3 aromatic rings. The van der Waals surface area contributed by atoms with Gasteiger partial charge in [-0.15, -0.1) is 0 Å². The molecule has 1 aromatic carbocycles. The number of aromatic nitrogens is 3. The van der Waals surface area contributed by atoms with Crippen molar-refractivity contribution in [1.29, 1.82) is 0 Å². The molecule has 1 aliphatic rings. The van der Waals surface area contributed by atoms with Gasteiger partial charge in [0.15, 0.2) is 5.82 Å². The molecule has 5 nitrogen and oxygen atoms in total. The molecule has 1 unspecified atom stereocenters. The molecular weight excluding hydrogens is 285 g/mol. The Hall–Kier alpha value is -2.21. The topological polar surface area (TPSA) is 53.1 Å². The van der Waals surface area contributed by atoms with E-state index < -0.39 is 0 Å². The van der Waals surface area contributed by atoms with Crippen LogP contribution in [-0.2, 0) is 11.8 Å². The van der Waals surface area contributed by atoms with Crippen molar-refractivity contribution in [2.45, 2.75) is 19.3 Å². The van der Waals surface area contributed by atoms with E-state index >= 15 is 0 Å². The largest absolute Gasteiger partial charge is 0.381 e. The van der Waals surface area contributed by atoms with Crippen molar-refractivity contribution >= 4 is 10.9 Å². The molecule has 0 aliphatic carbocycles. The van der Waals surface area contributed by atoms with Crippen LogP contribution in [-0.4, -0.2) is 27.9 Å². The Kier molecular flexibility index (Phi) is 3.00. The minimum absolute atomic E-state index is 0.199. The lowest BCUT2D eigenvalue weighted by molar-refractivity contribution is 0.192. The lowest BCUT2D eigenvalue weighted by Gasteiger charge is -2.00. The zero-order chi connectivity index (χ0) is 15.3. The molecule has 1 aliphatic heterocycles. The first kappa shape index (κ1) is 13.5. The molecule has 0 spiro atoms. The predicted molar refractivity (Wildman–Crippen MR) is 79.1 cm³/mol. The van der Waals surface area contributed by atoms with Crippen molar-refractivity contribution in [3.63, 3.8) is 0 Å².